The molecule has 1 fully saturated rings. The Bertz CT molecular complexity index is 1210. The molecule has 1 aromatic heterocycles. The van der Waals surface area contributed by atoms with Crippen LogP contribution in [-0.2, 0) is 16.8 Å². The lowest BCUT2D eigenvalue weighted by Crippen LogP contribution is -2.44. The number of benzene rings is 2. The van der Waals surface area contributed by atoms with Gasteiger partial charge in [0, 0.05) is 23.2 Å². The molecule has 0 unspecified atom stereocenters. The van der Waals surface area contributed by atoms with Gasteiger partial charge in [0.25, 0.3) is 5.91 Å². The van der Waals surface area contributed by atoms with Gasteiger partial charge in [0.1, 0.15) is 11.4 Å². The van der Waals surface area contributed by atoms with Gasteiger partial charge in [0.2, 0.25) is 0 Å². The van der Waals surface area contributed by atoms with Gasteiger partial charge < -0.3 is 19.5 Å². The summed E-state index contributed by atoms with van der Waals surface area (Å²) in [5.41, 5.74) is 3.13. The number of fused-ring (bicyclic) bond motifs is 2. The van der Waals surface area contributed by atoms with Crippen LogP contribution < -0.4 is 9.64 Å². The molecule has 1 aliphatic carbocycles. The third-order valence-corrected chi connectivity index (χ3v) is 6.39. The fourth-order valence-electron chi connectivity index (χ4n) is 4.50. The summed E-state index contributed by atoms with van der Waals surface area (Å²) in [5.74, 6) is -0.0556. The van der Waals surface area contributed by atoms with Gasteiger partial charge in [-0.25, -0.2) is 9.48 Å². The van der Waals surface area contributed by atoms with Crippen LogP contribution in [0.3, 0.4) is 0 Å². The van der Waals surface area contributed by atoms with Crippen LogP contribution >= 0.6 is 0 Å². The number of aromatic nitrogens is 2. The van der Waals surface area contributed by atoms with E-state index in [0.29, 0.717) is 29.2 Å². The molecule has 8 nitrogen and oxygen atoms in total. The Kier molecular flexibility index (Phi) is 5.17. The van der Waals surface area contributed by atoms with Crippen molar-refractivity contribution in [2.24, 2.45) is 0 Å². The molecular weight excluding hydrogens is 422 g/mol. The smallest absolute Gasteiger partial charge is 0.359 e. The number of aliphatic hydroxyl groups excluding tert-OH is 1. The second kappa shape index (κ2) is 8.04. The van der Waals surface area contributed by atoms with Gasteiger partial charge in [-0.2, -0.15) is 5.10 Å². The number of amides is 1. The third-order valence-electron chi connectivity index (χ3n) is 6.39. The first-order valence-corrected chi connectivity index (χ1v) is 11.0. The van der Waals surface area contributed by atoms with E-state index >= 15 is 0 Å². The first kappa shape index (κ1) is 21.2. The van der Waals surface area contributed by atoms with Crippen LogP contribution in [0.4, 0.5) is 5.69 Å². The van der Waals surface area contributed by atoms with Gasteiger partial charge in [-0.1, -0.05) is 12.1 Å². The maximum atomic E-state index is 13.8. The number of ether oxygens (including phenoxy) is 2. The van der Waals surface area contributed by atoms with Crippen molar-refractivity contribution in [2.75, 3.05) is 25.2 Å². The van der Waals surface area contributed by atoms with Crippen molar-refractivity contribution >= 4 is 17.6 Å². The standard InChI is InChI=1S/C25H25N3O5/c1-3-33-24(31)21-20-22(28(26-21)18-8-10-19(32-2)11-9-18)23(30)27(15-25(20)12-13-25)17-6-4-16(14-29)5-7-17/h4-11,29H,3,12-15H2,1-2H3. The number of nitrogens with zero attached hydrogens (tertiary/aromatic N) is 3. The first-order chi connectivity index (χ1) is 16.0. The zero-order chi connectivity index (χ0) is 23.2. The normalized spacial score (nSPS) is 16.0. The zero-order valence-electron chi connectivity index (χ0n) is 18.6. The van der Waals surface area contributed by atoms with E-state index in [1.165, 1.54) is 0 Å². The molecule has 0 atom stereocenters. The highest BCUT2D eigenvalue weighted by Crippen LogP contribution is 2.54. The van der Waals surface area contributed by atoms with Crippen LogP contribution in [0.15, 0.2) is 48.5 Å². The summed E-state index contributed by atoms with van der Waals surface area (Å²) in [4.78, 5) is 28.4. The van der Waals surface area contributed by atoms with E-state index in [4.69, 9.17) is 9.47 Å². The molecule has 1 spiro atoms. The molecule has 170 valence electrons. The minimum absolute atomic E-state index is 0.0601. The summed E-state index contributed by atoms with van der Waals surface area (Å²) in [6, 6.07) is 14.5. The number of methoxy groups -OCH3 is 1. The lowest BCUT2D eigenvalue weighted by Gasteiger charge is -2.33. The van der Waals surface area contributed by atoms with Crippen molar-refractivity contribution in [3.63, 3.8) is 0 Å². The number of aliphatic hydroxyl groups is 1. The summed E-state index contributed by atoms with van der Waals surface area (Å²) in [5, 5.41) is 14.0. The number of anilines is 1. The van der Waals surface area contributed by atoms with Gasteiger partial charge in [-0.3, -0.25) is 4.79 Å². The summed E-state index contributed by atoms with van der Waals surface area (Å²) < 4.78 is 12.1. The van der Waals surface area contributed by atoms with Crippen molar-refractivity contribution in [1.82, 2.24) is 9.78 Å². The molecule has 2 aliphatic rings. The molecule has 1 amide bonds. The Hall–Kier alpha value is -3.65. The molecule has 0 radical (unpaired) electrons. The number of rotatable bonds is 6. The number of carbonyl (C=O) groups excluding carboxylic acids is 2. The molecule has 1 aliphatic heterocycles. The molecule has 1 saturated carbocycles. The third kappa shape index (κ3) is 3.47. The van der Waals surface area contributed by atoms with E-state index in [9.17, 15) is 14.7 Å². The molecule has 33 heavy (non-hydrogen) atoms. The van der Waals surface area contributed by atoms with Crippen LogP contribution in [0, 0.1) is 0 Å². The number of hydrogen-bond donors (Lipinski definition) is 1. The van der Waals surface area contributed by atoms with Gasteiger partial charge in [-0.15, -0.1) is 0 Å². The largest absolute Gasteiger partial charge is 0.497 e. The van der Waals surface area contributed by atoms with Crippen molar-refractivity contribution < 1.29 is 24.2 Å². The fraction of sp³-hybridized carbons (Fsp3) is 0.320. The van der Waals surface area contributed by atoms with Gasteiger partial charge in [-0.05, 0) is 61.7 Å². The van der Waals surface area contributed by atoms with Crippen molar-refractivity contribution in [1.29, 1.82) is 0 Å². The Morgan fingerprint density at radius 2 is 1.76 bits per heavy atom. The van der Waals surface area contributed by atoms with E-state index in [0.717, 1.165) is 24.1 Å². The van der Waals surface area contributed by atoms with Crippen LogP contribution in [0.1, 0.15) is 51.9 Å². The summed E-state index contributed by atoms with van der Waals surface area (Å²) >= 11 is 0. The summed E-state index contributed by atoms with van der Waals surface area (Å²) in [6.07, 6.45) is 1.72. The van der Waals surface area contributed by atoms with Crippen LogP contribution in [-0.4, -0.2) is 47.0 Å². The minimum atomic E-state index is -0.513. The van der Waals surface area contributed by atoms with E-state index in [2.05, 4.69) is 5.10 Å². The highest BCUT2D eigenvalue weighted by atomic mass is 16.5. The Morgan fingerprint density at radius 3 is 2.33 bits per heavy atom. The van der Waals surface area contributed by atoms with E-state index in [1.807, 2.05) is 36.4 Å². The number of esters is 1. The van der Waals surface area contributed by atoms with Crippen LogP contribution in [0.2, 0.25) is 0 Å². The van der Waals surface area contributed by atoms with Crippen LogP contribution in [0.25, 0.3) is 5.69 Å². The number of carbonyl (C=O) groups is 2. The maximum absolute atomic E-state index is 13.8. The number of hydrogen-bond acceptors (Lipinski definition) is 6. The Labute approximate surface area is 191 Å². The summed E-state index contributed by atoms with van der Waals surface area (Å²) in [7, 11) is 1.59. The van der Waals surface area contributed by atoms with Crippen molar-refractivity contribution in [2.45, 2.75) is 31.8 Å². The second-order valence-electron chi connectivity index (χ2n) is 8.40. The average Bonchev–Trinajstić information content (AvgIpc) is 3.50. The maximum Gasteiger partial charge on any atom is 0.359 e. The molecule has 5 rings (SSSR count). The molecule has 0 saturated heterocycles. The molecule has 0 bridgehead atoms. The lowest BCUT2D eigenvalue weighted by atomic mass is 9.88. The fourth-order valence-corrected chi connectivity index (χ4v) is 4.50. The average molecular weight is 447 g/mol. The minimum Gasteiger partial charge on any atom is -0.497 e. The van der Waals surface area contributed by atoms with E-state index in [1.54, 1.807) is 35.7 Å². The second-order valence-corrected chi connectivity index (χ2v) is 8.40. The molecule has 1 N–H and O–H groups in total. The zero-order valence-corrected chi connectivity index (χ0v) is 18.6. The van der Waals surface area contributed by atoms with Gasteiger partial charge >= 0.3 is 5.97 Å². The van der Waals surface area contributed by atoms with E-state index in [-0.39, 0.29) is 30.2 Å². The van der Waals surface area contributed by atoms with Crippen LogP contribution in [0.5, 0.6) is 5.75 Å². The van der Waals surface area contributed by atoms with E-state index < -0.39 is 5.97 Å². The Morgan fingerprint density at radius 1 is 1.09 bits per heavy atom. The highest BCUT2D eigenvalue weighted by molar-refractivity contribution is 6.10. The van der Waals surface area contributed by atoms with Crippen molar-refractivity contribution in [3.05, 3.63) is 71.0 Å². The summed E-state index contributed by atoms with van der Waals surface area (Å²) in [6.45, 7) is 2.39. The lowest BCUT2D eigenvalue weighted by molar-refractivity contribution is 0.0516. The SMILES string of the molecule is CCOC(=O)c1nn(-c2ccc(OC)cc2)c2c1C1(CC1)CN(c1ccc(CO)cc1)C2=O. The monoisotopic (exact) mass is 447 g/mol. The highest BCUT2D eigenvalue weighted by Gasteiger charge is 2.56. The molecule has 2 aromatic carbocycles. The predicted octanol–water partition coefficient (Wildman–Crippen LogP) is 3.24. The van der Waals surface area contributed by atoms with Gasteiger partial charge in [0.15, 0.2) is 5.69 Å². The first-order valence-electron chi connectivity index (χ1n) is 11.0. The topological polar surface area (TPSA) is 93.9 Å². The molecule has 3 aromatic rings. The van der Waals surface area contributed by atoms with Gasteiger partial charge in [0.05, 0.1) is 26.0 Å². The predicted molar refractivity (Wildman–Crippen MR) is 121 cm³/mol. The quantitative estimate of drug-likeness (QED) is 0.583. The molecular formula is C25H25N3O5. The molecule has 2 heterocycles. The Balaban J connectivity index is 1.67. The molecule has 8 heteroatoms. The van der Waals surface area contributed by atoms with Crippen molar-refractivity contribution in [3.8, 4) is 11.4 Å².